The quantitative estimate of drug-likeness (QED) is 0.0936. The summed E-state index contributed by atoms with van der Waals surface area (Å²) in [5.41, 5.74) is 17.4. The fourth-order valence-corrected chi connectivity index (χ4v) is 5.50. The molecule has 0 atom stereocenters. The van der Waals surface area contributed by atoms with Crippen LogP contribution >= 0.6 is 0 Å². The van der Waals surface area contributed by atoms with Crippen LogP contribution in [0.15, 0.2) is 144 Å². The number of hydrogen-bond acceptors (Lipinski definition) is 10. The van der Waals surface area contributed by atoms with Gasteiger partial charge in [0, 0.05) is 11.1 Å². The Morgan fingerprint density at radius 1 is 0.375 bits per heavy atom. The minimum absolute atomic E-state index is 0.420. The van der Waals surface area contributed by atoms with Crippen molar-refractivity contribution >= 4 is 79.3 Å². The molecule has 0 aliphatic heterocycles. The van der Waals surface area contributed by atoms with Gasteiger partial charge in [-0.1, -0.05) is 109 Å². The minimum atomic E-state index is 0.420. The molecule has 0 fully saturated rings. The molecule has 0 saturated carbocycles. The van der Waals surface area contributed by atoms with Crippen molar-refractivity contribution in [3.63, 3.8) is 0 Å². The number of anilines is 4. The lowest BCUT2D eigenvalue weighted by Gasteiger charge is -2.15. The molecule has 230 valence electrons. The van der Waals surface area contributed by atoms with E-state index < -0.39 is 0 Å². The van der Waals surface area contributed by atoms with Crippen LogP contribution in [0.5, 0.6) is 0 Å². The standard InChI is InChI=1S/C38H28N10/c1-3-17-29-25(11-1)13-9-15-27(29)23-39-45-35-37(43-33-21-7-5-19-31(33)41-35)47-48-38-36(42-32-20-6-8-22-34(32)44-38)46-40-24-28-16-10-14-26-12-2-4-18-30(26)28/h1-24H,(H,41,45)(H,42,46)(H,43,47)(H,44,48)/b39-23+,40-24+. The van der Waals surface area contributed by atoms with Crippen LogP contribution in [0.25, 0.3) is 43.6 Å². The zero-order valence-corrected chi connectivity index (χ0v) is 25.5. The van der Waals surface area contributed by atoms with E-state index in [4.69, 9.17) is 19.9 Å². The summed E-state index contributed by atoms with van der Waals surface area (Å²) < 4.78 is 0. The molecule has 0 aliphatic carbocycles. The van der Waals surface area contributed by atoms with Crippen LogP contribution in [0, 0.1) is 0 Å². The summed E-state index contributed by atoms with van der Waals surface area (Å²) in [5.74, 6) is 1.69. The summed E-state index contributed by atoms with van der Waals surface area (Å²) in [6, 6.07) is 43.9. The van der Waals surface area contributed by atoms with Crippen LogP contribution in [0.1, 0.15) is 11.1 Å². The fourth-order valence-electron chi connectivity index (χ4n) is 5.50. The lowest BCUT2D eigenvalue weighted by Crippen LogP contribution is -2.16. The van der Waals surface area contributed by atoms with Gasteiger partial charge in [-0.25, -0.2) is 19.9 Å². The number of aromatic nitrogens is 4. The van der Waals surface area contributed by atoms with Gasteiger partial charge in [-0.15, -0.1) is 0 Å². The number of nitrogens with one attached hydrogen (secondary N) is 4. The maximum Gasteiger partial charge on any atom is 0.192 e. The van der Waals surface area contributed by atoms with Gasteiger partial charge in [0.25, 0.3) is 0 Å². The number of nitrogens with zero attached hydrogens (tertiary/aromatic N) is 6. The third-order valence-corrected chi connectivity index (χ3v) is 7.84. The molecule has 0 aliphatic rings. The maximum atomic E-state index is 4.82. The lowest BCUT2D eigenvalue weighted by atomic mass is 10.1. The molecule has 0 amide bonds. The van der Waals surface area contributed by atoms with E-state index in [1.807, 2.05) is 97.1 Å². The Morgan fingerprint density at radius 2 is 0.729 bits per heavy atom. The van der Waals surface area contributed by atoms with E-state index in [0.29, 0.717) is 34.3 Å². The van der Waals surface area contributed by atoms with Gasteiger partial charge < -0.3 is 0 Å². The highest BCUT2D eigenvalue weighted by Gasteiger charge is 2.12. The van der Waals surface area contributed by atoms with Gasteiger partial charge in [-0.3, -0.25) is 21.7 Å². The van der Waals surface area contributed by atoms with Crippen molar-refractivity contribution in [2.24, 2.45) is 10.2 Å². The smallest absolute Gasteiger partial charge is 0.192 e. The van der Waals surface area contributed by atoms with Crippen LogP contribution in [0.4, 0.5) is 23.3 Å². The number of hydrogen-bond donors (Lipinski definition) is 4. The molecule has 0 unspecified atom stereocenters. The number of rotatable bonds is 9. The van der Waals surface area contributed by atoms with Crippen LogP contribution in [0.3, 0.4) is 0 Å². The Labute approximate surface area is 275 Å². The Kier molecular flexibility index (Phi) is 7.62. The highest BCUT2D eigenvalue weighted by Crippen LogP contribution is 2.25. The van der Waals surface area contributed by atoms with E-state index in [2.05, 4.69) is 68.3 Å². The second-order valence-corrected chi connectivity index (χ2v) is 10.9. The second-order valence-electron chi connectivity index (χ2n) is 10.9. The first-order valence-electron chi connectivity index (χ1n) is 15.4. The molecule has 0 spiro atoms. The highest BCUT2D eigenvalue weighted by molar-refractivity contribution is 6.01. The summed E-state index contributed by atoms with van der Waals surface area (Å²) in [7, 11) is 0. The number of hydrazine groups is 1. The van der Waals surface area contributed by atoms with E-state index in [1.54, 1.807) is 12.4 Å². The first-order valence-corrected chi connectivity index (χ1v) is 15.4. The minimum Gasteiger partial charge on any atom is -0.280 e. The molecule has 0 bridgehead atoms. The molecule has 0 saturated heterocycles. The molecule has 4 N–H and O–H groups in total. The molecule has 2 heterocycles. The van der Waals surface area contributed by atoms with Gasteiger partial charge >= 0.3 is 0 Å². The number of benzene rings is 6. The molecule has 10 heteroatoms. The van der Waals surface area contributed by atoms with Gasteiger partial charge in [0.05, 0.1) is 34.5 Å². The lowest BCUT2D eigenvalue weighted by molar-refractivity contribution is 1.16. The van der Waals surface area contributed by atoms with Crippen molar-refractivity contribution in [2.75, 3.05) is 21.7 Å². The van der Waals surface area contributed by atoms with E-state index in [9.17, 15) is 0 Å². The number of para-hydroxylation sites is 4. The molecule has 0 radical (unpaired) electrons. The van der Waals surface area contributed by atoms with Crippen LogP contribution in [-0.4, -0.2) is 32.4 Å². The second kappa shape index (κ2) is 12.8. The predicted molar refractivity (Wildman–Crippen MR) is 197 cm³/mol. The molecule has 6 aromatic carbocycles. The molecule has 2 aromatic heterocycles. The zero-order chi connectivity index (χ0) is 32.1. The van der Waals surface area contributed by atoms with Gasteiger partial charge in [0.2, 0.25) is 0 Å². The molecule has 48 heavy (non-hydrogen) atoms. The van der Waals surface area contributed by atoms with Crippen LogP contribution in [0.2, 0.25) is 0 Å². The first-order chi connectivity index (χ1) is 23.8. The van der Waals surface area contributed by atoms with Gasteiger partial charge in [0.15, 0.2) is 23.3 Å². The number of fused-ring (bicyclic) bond motifs is 4. The normalized spacial score (nSPS) is 11.6. The third kappa shape index (κ3) is 5.88. The van der Waals surface area contributed by atoms with Crippen molar-refractivity contribution in [1.82, 2.24) is 19.9 Å². The Balaban J connectivity index is 1.09. The van der Waals surface area contributed by atoms with Gasteiger partial charge in [0.1, 0.15) is 0 Å². The van der Waals surface area contributed by atoms with Crippen molar-refractivity contribution in [3.8, 4) is 0 Å². The Bertz CT molecular complexity index is 2310. The topological polar surface area (TPSA) is 124 Å². The highest BCUT2D eigenvalue weighted by atomic mass is 15.4. The number of hydrazone groups is 2. The zero-order valence-electron chi connectivity index (χ0n) is 25.5. The molecule has 10 nitrogen and oxygen atoms in total. The van der Waals surface area contributed by atoms with Crippen molar-refractivity contribution in [3.05, 3.63) is 145 Å². The summed E-state index contributed by atoms with van der Waals surface area (Å²) in [6.45, 7) is 0. The third-order valence-electron chi connectivity index (χ3n) is 7.84. The fraction of sp³-hybridized carbons (Fsp3) is 0. The van der Waals surface area contributed by atoms with Crippen LogP contribution < -0.4 is 21.7 Å². The molecule has 8 aromatic rings. The molecule has 8 rings (SSSR count). The average Bonchev–Trinajstić information content (AvgIpc) is 3.14. The predicted octanol–water partition coefficient (Wildman–Crippen LogP) is 8.21. The van der Waals surface area contributed by atoms with E-state index in [0.717, 1.165) is 43.7 Å². The summed E-state index contributed by atoms with van der Waals surface area (Å²) in [4.78, 5) is 19.2. The van der Waals surface area contributed by atoms with Crippen molar-refractivity contribution in [1.29, 1.82) is 0 Å². The van der Waals surface area contributed by atoms with Crippen molar-refractivity contribution in [2.45, 2.75) is 0 Å². The van der Waals surface area contributed by atoms with E-state index >= 15 is 0 Å². The largest absolute Gasteiger partial charge is 0.280 e. The first kappa shape index (κ1) is 28.5. The monoisotopic (exact) mass is 624 g/mol. The Morgan fingerprint density at radius 3 is 1.17 bits per heavy atom. The SMILES string of the molecule is C(=N\Nc1nc2ccccc2nc1NNc1nc2ccccc2nc1N/N=C/c1cccc2ccccc12)/c1cccc2ccccc12. The van der Waals surface area contributed by atoms with Crippen molar-refractivity contribution < 1.29 is 0 Å². The summed E-state index contributed by atoms with van der Waals surface area (Å²) >= 11 is 0. The van der Waals surface area contributed by atoms with E-state index in [1.165, 1.54) is 0 Å². The summed E-state index contributed by atoms with van der Waals surface area (Å²) in [5, 5.41) is 13.5. The van der Waals surface area contributed by atoms with Crippen LogP contribution in [-0.2, 0) is 0 Å². The molecular formula is C38H28N10. The van der Waals surface area contributed by atoms with Gasteiger partial charge in [-0.05, 0) is 45.8 Å². The Hall–Kier alpha value is -6.94. The van der Waals surface area contributed by atoms with Gasteiger partial charge in [-0.2, -0.15) is 10.2 Å². The average molecular weight is 625 g/mol. The summed E-state index contributed by atoms with van der Waals surface area (Å²) in [6.07, 6.45) is 3.56. The maximum absolute atomic E-state index is 4.82. The molecular weight excluding hydrogens is 596 g/mol. The van der Waals surface area contributed by atoms with E-state index in [-0.39, 0.29) is 0 Å².